The second-order valence-electron chi connectivity index (χ2n) is 8.64. The van der Waals surface area contributed by atoms with Gasteiger partial charge in [0.1, 0.15) is 6.10 Å². The van der Waals surface area contributed by atoms with Crippen LogP contribution in [0.4, 0.5) is 0 Å². The SMILES string of the molecule is C=C1CC/C=C(\C)CC[C@H]2[C@H](C(C)(C)O)CC[C@]2(C)CC1OO. The maximum atomic E-state index is 10.6. The molecule has 2 N–H and O–H groups in total. The second kappa shape index (κ2) is 7.08. The van der Waals surface area contributed by atoms with Gasteiger partial charge in [-0.15, -0.1) is 0 Å². The van der Waals surface area contributed by atoms with E-state index in [1.165, 1.54) is 5.57 Å². The Morgan fingerprint density at radius 3 is 2.61 bits per heavy atom. The normalized spacial score (nSPS) is 39.3. The van der Waals surface area contributed by atoms with Crippen molar-refractivity contribution in [3.63, 3.8) is 0 Å². The summed E-state index contributed by atoms with van der Waals surface area (Å²) in [5.74, 6) is 0.739. The van der Waals surface area contributed by atoms with E-state index in [-0.39, 0.29) is 11.5 Å². The minimum absolute atomic E-state index is 0.0750. The summed E-state index contributed by atoms with van der Waals surface area (Å²) in [6.45, 7) is 12.5. The fraction of sp³-hybridized carbons (Fsp3) is 0.800. The summed E-state index contributed by atoms with van der Waals surface area (Å²) in [6, 6.07) is 0. The van der Waals surface area contributed by atoms with Gasteiger partial charge in [0.15, 0.2) is 0 Å². The Bertz CT molecular complexity index is 460. The third-order valence-corrected chi connectivity index (χ3v) is 6.36. The Morgan fingerprint density at radius 1 is 1.30 bits per heavy atom. The van der Waals surface area contributed by atoms with E-state index >= 15 is 0 Å². The first-order valence-electron chi connectivity index (χ1n) is 9.03. The standard InChI is InChI=1S/C20H34O3/c1-14-7-6-8-15(2)18(23-22)13-20(5)12-11-16(19(3,4)21)17(20)10-9-14/h7,16-18,21-22H,2,6,8-13H2,1,3-5H3/b14-7+/t16-,17+,18?,20-/m1/s1. The number of hydrogen-bond acceptors (Lipinski definition) is 3. The van der Waals surface area contributed by atoms with E-state index in [1.807, 2.05) is 13.8 Å². The third-order valence-electron chi connectivity index (χ3n) is 6.36. The van der Waals surface area contributed by atoms with Crippen molar-refractivity contribution in [2.45, 2.75) is 84.3 Å². The number of fused-ring (bicyclic) bond motifs is 1. The van der Waals surface area contributed by atoms with Crippen molar-refractivity contribution in [2.75, 3.05) is 0 Å². The fourth-order valence-corrected chi connectivity index (χ4v) is 4.84. The highest BCUT2D eigenvalue weighted by atomic mass is 17.1. The van der Waals surface area contributed by atoms with Crippen LogP contribution in [0.1, 0.15) is 72.6 Å². The highest BCUT2D eigenvalue weighted by Crippen LogP contribution is 2.55. The number of aliphatic hydroxyl groups is 1. The number of rotatable bonds is 2. The van der Waals surface area contributed by atoms with Crippen molar-refractivity contribution in [1.82, 2.24) is 0 Å². The van der Waals surface area contributed by atoms with Gasteiger partial charge >= 0.3 is 0 Å². The lowest BCUT2D eigenvalue weighted by molar-refractivity contribution is -0.275. The van der Waals surface area contributed by atoms with Gasteiger partial charge in [0.05, 0.1) is 5.60 Å². The molecule has 1 fully saturated rings. The molecule has 0 spiro atoms. The molecule has 0 aromatic rings. The first-order valence-corrected chi connectivity index (χ1v) is 9.03. The molecule has 4 atom stereocenters. The van der Waals surface area contributed by atoms with Crippen molar-refractivity contribution >= 4 is 0 Å². The quantitative estimate of drug-likeness (QED) is 0.422. The van der Waals surface area contributed by atoms with Crippen LogP contribution >= 0.6 is 0 Å². The van der Waals surface area contributed by atoms with Gasteiger partial charge in [-0.05, 0) is 88.5 Å². The molecular weight excluding hydrogens is 288 g/mol. The summed E-state index contributed by atoms with van der Waals surface area (Å²) in [7, 11) is 0. The molecule has 0 aromatic heterocycles. The first kappa shape index (κ1) is 18.7. The molecule has 132 valence electrons. The van der Waals surface area contributed by atoms with E-state index in [1.54, 1.807) is 0 Å². The Labute approximate surface area is 141 Å². The largest absolute Gasteiger partial charge is 0.390 e. The summed E-state index contributed by atoms with van der Waals surface area (Å²) < 4.78 is 0. The Kier molecular flexibility index (Phi) is 5.76. The zero-order valence-corrected chi connectivity index (χ0v) is 15.3. The number of hydrogen-bond donors (Lipinski definition) is 2. The molecule has 0 amide bonds. The predicted octanol–water partition coefficient (Wildman–Crippen LogP) is 5.11. The van der Waals surface area contributed by atoms with Crippen LogP contribution in [0.25, 0.3) is 0 Å². The van der Waals surface area contributed by atoms with E-state index in [0.717, 1.165) is 50.5 Å². The minimum atomic E-state index is -0.660. The van der Waals surface area contributed by atoms with Crippen LogP contribution in [0.15, 0.2) is 23.8 Å². The van der Waals surface area contributed by atoms with Crippen LogP contribution in [-0.2, 0) is 4.89 Å². The molecule has 0 aromatic carbocycles. The molecular formula is C20H34O3. The average molecular weight is 322 g/mol. The highest BCUT2D eigenvalue weighted by Gasteiger charge is 2.50. The van der Waals surface area contributed by atoms with Crippen LogP contribution in [0.2, 0.25) is 0 Å². The van der Waals surface area contributed by atoms with Gasteiger partial charge in [0, 0.05) is 0 Å². The van der Waals surface area contributed by atoms with Crippen molar-refractivity contribution in [2.24, 2.45) is 17.3 Å². The Morgan fingerprint density at radius 2 is 2.00 bits per heavy atom. The van der Waals surface area contributed by atoms with Crippen LogP contribution in [0.5, 0.6) is 0 Å². The lowest BCUT2D eigenvalue weighted by Crippen LogP contribution is -2.39. The molecule has 3 nitrogen and oxygen atoms in total. The van der Waals surface area contributed by atoms with Crippen LogP contribution < -0.4 is 0 Å². The molecule has 2 aliphatic rings. The minimum Gasteiger partial charge on any atom is -0.390 e. The molecule has 2 rings (SSSR count). The fourth-order valence-electron chi connectivity index (χ4n) is 4.84. The molecule has 0 radical (unpaired) electrons. The predicted molar refractivity (Wildman–Crippen MR) is 94.1 cm³/mol. The summed E-state index contributed by atoms with van der Waals surface area (Å²) >= 11 is 0. The van der Waals surface area contributed by atoms with Crippen molar-refractivity contribution in [3.05, 3.63) is 23.8 Å². The lowest BCUT2D eigenvalue weighted by Gasteiger charge is -2.40. The van der Waals surface area contributed by atoms with Gasteiger partial charge < -0.3 is 5.11 Å². The van der Waals surface area contributed by atoms with Crippen LogP contribution in [-0.4, -0.2) is 22.1 Å². The molecule has 2 aliphatic carbocycles. The maximum Gasteiger partial charge on any atom is 0.114 e. The third kappa shape index (κ3) is 4.26. The molecule has 0 saturated heterocycles. The smallest absolute Gasteiger partial charge is 0.114 e. The first-order chi connectivity index (χ1) is 10.7. The van der Waals surface area contributed by atoms with Crippen molar-refractivity contribution < 1.29 is 15.3 Å². The lowest BCUT2D eigenvalue weighted by atomic mass is 9.67. The second-order valence-corrected chi connectivity index (χ2v) is 8.64. The van der Waals surface area contributed by atoms with Gasteiger partial charge in [-0.2, -0.15) is 0 Å². The van der Waals surface area contributed by atoms with Gasteiger partial charge in [0.2, 0.25) is 0 Å². The van der Waals surface area contributed by atoms with E-state index in [9.17, 15) is 10.4 Å². The molecule has 0 aliphatic heterocycles. The number of allylic oxidation sites excluding steroid dienone is 2. The van der Waals surface area contributed by atoms with E-state index in [0.29, 0.717) is 11.8 Å². The summed E-state index contributed by atoms with van der Waals surface area (Å²) in [6.07, 6.45) is 8.89. The van der Waals surface area contributed by atoms with Crippen LogP contribution in [0.3, 0.4) is 0 Å². The summed E-state index contributed by atoms with van der Waals surface area (Å²) in [5.41, 5.74) is 1.81. The summed E-state index contributed by atoms with van der Waals surface area (Å²) in [5, 5.41) is 20.0. The maximum absolute atomic E-state index is 10.6. The van der Waals surface area contributed by atoms with Crippen molar-refractivity contribution in [3.8, 4) is 0 Å². The zero-order valence-electron chi connectivity index (χ0n) is 15.3. The van der Waals surface area contributed by atoms with E-state index in [4.69, 9.17) is 4.89 Å². The van der Waals surface area contributed by atoms with Gasteiger partial charge in [-0.3, -0.25) is 5.26 Å². The molecule has 3 heteroatoms. The van der Waals surface area contributed by atoms with Crippen molar-refractivity contribution in [1.29, 1.82) is 0 Å². The monoisotopic (exact) mass is 322 g/mol. The molecule has 0 heterocycles. The van der Waals surface area contributed by atoms with Gasteiger partial charge in [-0.25, -0.2) is 4.89 Å². The van der Waals surface area contributed by atoms with Gasteiger partial charge in [-0.1, -0.05) is 25.2 Å². The van der Waals surface area contributed by atoms with Gasteiger partial charge in [0.25, 0.3) is 0 Å². The molecule has 1 saturated carbocycles. The van der Waals surface area contributed by atoms with Crippen LogP contribution in [0, 0.1) is 17.3 Å². The average Bonchev–Trinajstić information content (AvgIpc) is 2.78. The Hall–Kier alpha value is -0.640. The zero-order chi connectivity index (χ0) is 17.3. The topological polar surface area (TPSA) is 49.7 Å². The molecule has 0 bridgehead atoms. The Balaban J connectivity index is 2.32. The summed E-state index contributed by atoms with van der Waals surface area (Å²) in [4.78, 5) is 4.81. The molecule has 1 unspecified atom stereocenters. The van der Waals surface area contributed by atoms with E-state index in [2.05, 4.69) is 26.5 Å². The molecule has 23 heavy (non-hydrogen) atoms. The highest BCUT2D eigenvalue weighted by molar-refractivity contribution is 5.11. The van der Waals surface area contributed by atoms with E-state index < -0.39 is 5.60 Å².